The maximum absolute atomic E-state index is 12.5. The van der Waals surface area contributed by atoms with E-state index in [9.17, 15) is 9.59 Å². The quantitative estimate of drug-likeness (QED) is 0.608. The van der Waals surface area contributed by atoms with E-state index in [1.165, 1.54) is 0 Å². The van der Waals surface area contributed by atoms with Crippen LogP contribution in [0.15, 0.2) is 52.9 Å². The van der Waals surface area contributed by atoms with Gasteiger partial charge in [-0.15, -0.1) is 0 Å². The van der Waals surface area contributed by atoms with Crippen molar-refractivity contribution in [3.05, 3.63) is 64.9 Å². The van der Waals surface area contributed by atoms with E-state index in [2.05, 4.69) is 4.90 Å². The van der Waals surface area contributed by atoms with E-state index in [1.807, 2.05) is 42.5 Å². The van der Waals surface area contributed by atoms with E-state index in [-0.39, 0.29) is 18.3 Å². The van der Waals surface area contributed by atoms with Crippen molar-refractivity contribution in [3.8, 4) is 0 Å². The van der Waals surface area contributed by atoms with Crippen molar-refractivity contribution in [1.29, 1.82) is 0 Å². The molecule has 1 aliphatic rings. The summed E-state index contributed by atoms with van der Waals surface area (Å²) >= 11 is 6.25. The van der Waals surface area contributed by atoms with Gasteiger partial charge in [-0.25, -0.2) is 4.79 Å². The molecule has 0 radical (unpaired) electrons. The average Bonchev–Trinajstić information content (AvgIpc) is 3.09. The molecule has 29 heavy (non-hydrogen) atoms. The van der Waals surface area contributed by atoms with Crippen molar-refractivity contribution in [3.63, 3.8) is 0 Å². The Balaban J connectivity index is 1.32. The second-order valence-corrected chi connectivity index (χ2v) is 7.35. The molecule has 4 rings (SSSR count). The minimum absolute atomic E-state index is 0.141. The molecule has 0 atom stereocenters. The minimum atomic E-state index is -0.623. The van der Waals surface area contributed by atoms with Crippen LogP contribution in [0.25, 0.3) is 11.0 Å². The number of carbonyl (C=O) groups excluding carboxylic acids is 2. The number of esters is 1. The van der Waals surface area contributed by atoms with Crippen LogP contribution < -0.4 is 4.90 Å². The number of ether oxygens (including phenoxy) is 1. The number of fused-ring (bicyclic) bond motifs is 1. The first-order valence-corrected chi connectivity index (χ1v) is 9.85. The molecule has 0 spiro atoms. The zero-order chi connectivity index (χ0) is 20.4. The molecule has 6 nitrogen and oxygen atoms in total. The first-order valence-electron chi connectivity index (χ1n) is 9.47. The largest absolute Gasteiger partial charge is 0.450 e. The summed E-state index contributed by atoms with van der Waals surface area (Å²) in [6.07, 6.45) is 0. The van der Waals surface area contributed by atoms with Crippen molar-refractivity contribution in [2.24, 2.45) is 0 Å². The fourth-order valence-electron chi connectivity index (χ4n) is 3.56. The van der Waals surface area contributed by atoms with Crippen LogP contribution in [0.3, 0.4) is 0 Å². The third-order valence-electron chi connectivity index (χ3n) is 5.18. The zero-order valence-corrected chi connectivity index (χ0v) is 16.8. The number of para-hydroxylation sites is 2. The van der Waals surface area contributed by atoms with E-state index in [1.54, 1.807) is 17.9 Å². The first kappa shape index (κ1) is 19.3. The highest BCUT2D eigenvalue weighted by atomic mass is 35.5. The number of amides is 1. The van der Waals surface area contributed by atoms with Crippen LogP contribution >= 0.6 is 11.6 Å². The molecule has 0 aliphatic carbocycles. The third kappa shape index (κ3) is 3.93. The number of aryl methyl sites for hydroxylation is 1. The van der Waals surface area contributed by atoms with Gasteiger partial charge in [0.1, 0.15) is 5.58 Å². The predicted molar refractivity (Wildman–Crippen MR) is 111 cm³/mol. The standard InChI is InChI=1S/C22H21ClN2O4/c1-15-16-6-2-5-9-19(16)29-21(15)22(27)28-14-20(26)25-12-10-24(11-13-25)18-8-4-3-7-17(18)23/h2-9H,10-14H2,1H3. The van der Waals surface area contributed by atoms with Crippen molar-refractivity contribution >= 4 is 40.1 Å². The van der Waals surface area contributed by atoms with Gasteiger partial charge >= 0.3 is 5.97 Å². The van der Waals surface area contributed by atoms with Gasteiger partial charge in [0, 0.05) is 37.1 Å². The summed E-state index contributed by atoms with van der Waals surface area (Å²) in [6, 6.07) is 15.1. The molecule has 3 aromatic rings. The Kier molecular flexibility index (Phi) is 5.45. The molecule has 0 unspecified atom stereocenters. The highest BCUT2D eigenvalue weighted by Gasteiger charge is 2.25. The van der Waals surface area contributed by atoms with E-state index >= 15 is 0 Å². The first-order chi connectivity index (χ1) is 14.0. The van der Waals surface area contributed by atoms with Crippen molar-refractivity contribution in [1.82, 2.24) is 4.90 Å². The molecule has 2 heterocycles. The second-order valence-electron chi connectivity index (χ2n) is 6.95. The maximum atomic E-state index is 12.5. The third-order valence-corrected chi connectivity index (χ3v) is 5.50. The highest BCUT2D eigenvalue weighted by Crippen LogP contribution is 2.27. The Hall–Kier alpha value is -2.99. The van der Waals surface area contributed by atoms with Crippen LogP contribution in [0.1, 0.15) is 16.1 Å². The Morgan fingerprint density at radius 1 is 1.03 bits per heavy atom. The van der Waals surface area contributed by atoms with Gasteiger partial charge in [-0.1, -0.05) is 41.9 Å². The van der Waals surface area contributed by atoms with Gasteiger partial charge < -0.3 is 19.0 Å². The van der Waals surface area contributed by atoms with Crippen molar-refractivity contribution in [2.45, 2.75) is 6.92 Å². The minimum Gasteiger partial charge on any atom is -0.450 e. The monoisotopic (exact) mass is 412 g/mol. The molecule has 1 aromatic heterocycles. The van der Waals surface area contributed by atoms with Crippen LogP contribution in [0, 0.1) is 6.92 Å². The van der Waals surface area contributed by atoms with Crippen LogP contribution in [-0.4, -0.2) is 49.6 Å². The average molecular weight is 413 g/mol. The number of benzene rings is 2. The van der Waals surface area contributed by atoms with Gasteiger partial charge in [-0.05, 0) is 25.1 Å². The molecule has 1 saturated heterocycles. The number of carbonyl (C=O) groups is 2. The topological polar surface area (TPSA) is 63.0 Å². The summed E-state index contributed by atoms with van der Waals surface area (Å²) in [4.78, 5) is 28.7. The molecule has 0 N–H and O–H groups in total. The summed E-state index contributed by atoms with van der Waals surface area (Å²) in [5, 5.41) is 1.56. The summed E-state index contributed by atoms with van der Waals surface area (Å²) in [5.74, 6) is -0.699. The lowest BCUT2D eigenvalue weighted by Crippen LogP contribution is -2.50. The molecule has 2 aromatic carbocycles. The maximum Gasteiger partial charge on any atom is 0.375 e. The van der Waals surface area contributed by atoms with Crippen LogP contribution in [0.2, 0.25) is 5.02 Å². The summed E-state index contributed by atoms with van der Waals surface area (Å²) in [7, 11) is 0. The SMILES string of the molecule is Cc1c(C(=O)OCC(=O)N2CCN(c3ccccc3Cl)CC2)oc2ccccc12. The molecule has 0 saturated carbocycles. The lowest BCUT2D eigenvalue weighted by atomic mass is 10.1. The number of anilines is 1. The fraction of sp³-hybridized carbons (Fsp3) is 0.273. The number of nitrogens with zero attached hydrogens (tertiary/aromatic N) is 2. The zero-order valence-electron chi connectivity index (χ0n) is 16.1. The number of rotatable bonds is 4. The molecule has 1 amide bonds. The van der Waals surface area contributed by atoms with Crippen molar-refractivity contribution in [2.75, 3.05) is 37.7 Å². The summed E-state index contributed by atoms with van der Waals surface area (Å²) in [5.41, 5.74) is 2.30. The second kappa shape index (κ2) is 8.17. The normalized spacial score (nSPS) is 14.3. The molecular formula is C22H21ClN2O4. The van der Waals surface area contributed by atoms with E-state index in [0.29, 0.717) is 42.3 Å². The highest BCUT2D eigenvalue weighted by molar-refractivity contribution is 6.33. The number of piperazine rings is 1. The van der Waals surface area contributed by atoms with Gasteiger partial charge in [0.2, 0.25) is 5.76 Å². The molecule has 150 valence electrons. The Bertz CT molecular complexity index is 1050. The van der Waals surface area contributed by atoms with Gasteiger partial charge in [-0.2, -0.15) is 0 Å². The summed E-state index contributed by atoms with van der Waals surface area (Å²) < 4.78 is 10.8. The Labute approximate surface area is 173 Å². The molecule has 7 heteroatoms. The number of hydrogen-bond acceptors (Lipinski definition) is 5. The van der Waals surface area contributed by atoms with E-state index in [4.69, 9.17) is 20.8 Å². The van der Waals surface area contributed by atoms with Crippen LogP contribution in [0.4, 0.5) is 5.69 Å². The molecule has 1 fully saturated rings. The molecule has 0 bridgehead atoms. The smallest absolute Gasteiger partial charge is 0.375 e. The van der Waals surface area contributed by atoms with E-state index in [0.717, 1.165) is 11.1 Å². The Morgan fingerprint density at radius 2 is 1.72 bits per heavy atom. The van der Waals surface area contributed by atoms with Gasteiger partial charge in [-0.3, -0.25) is 4.79 Å². The van der Waals surface area contributed by atoms with Gasteiger partial charge in [0.05, 0.1) is 10.7 Å². The molecular weight excluding hydrogens is 392 g/mol. The van der Waals surface area contributed by atoms with Crippen LogP contribution in [0.5, 0.6) is 0 Å². The number of halogens is 1. The van der Waals surface area contributed by atoms with E-state index < -0.39 is 5.97 Å². The van der Waals surface area contributed by atoms with Gasteiger partial charge in [0.25, 0.3) is 5.91 Å². The molecule has 1 aliphatic heterocycles. The lowest BCUT2D eigenvalue weighted by molar-refractivity contribution is -0.134. The van der Waals surface area contributed by atoms with Crippen LogP contribution in [-0.2, 0) is 9.53 Å². The lowest BCUT2D eigenvalue weighted by Gasteiger charge is -2.36. The number of hydrogen-bond donors (Lipinski definition) is 0. The Morgan fingerprint density at radius 3 is 2.45 bits per heavy atom. The summed E-state index contributed by atoms with van der Waals surface area (Å²) in [6.45, 7) is 3.94. The number of furan rings is 1. The van der Waals surface area contributed by atoms with Crippen molar-refractivity contribution < 1.29 is 18.7 Å². The fourth-order valence-corrected chi connectivity index (χ4v) is 3.81. The van der Waals surface area contributed by atoms with Gasteiger partial charge in [0.15, 0.2) is 6.61 Å². The predicted octanol–water partition coefficient (Wildman–Crippen LogP) is 3.90.